The Hall–Kier alpha value is -2.02. The van der Waals surface area contributed by atoms with Gasteiger partial charge in [-0.3, -0.25) is 9.69 Å². The zero-order valence-corrected chi connectivity index (χ0v) is 13.9. The molecular weight excluding hydrogens is 305 g/mol. The van der Waals surface area contributed by atoms with Gasteiger partial charge in [-0.2, -0.15) is 0 Å². The van der Waals surface area contributed by atoms with E-state index in [2.05, 4.69) is 4.99 Å². The maximum absolute atomic E-state index is 13.2. The van der Waals surface area contributed by atoms with Crippen molar-refractivity contribution in [3.05, 3.63) is 23.8 Å². The van der Waals surface area contributed by atoms with Gasteiger partial charge < -0.3 is 15.2 Å². The van der Waals surface area contributed by atoms with E-state index in [4.69, 9.17) is 23.1 Å². The predicted molar refractivity (Wildman–Crippen MR) is 90.5 cm³/mol. The molecule has 1 atom stereocenters. The average Bonchev–Trinajstić information content (AvgIpc) is 2.97. The minimum absolute atomic E-state index is 0.153. The molecule has 1 saturated carbocycles. The van der Waals surface area contributed by atoms with Crippen LogP contribution in [0.1, 0.15) is 31.2 Å². The van der Waals surface area contributed by atoms with Crippen LogP contribution in [0, 0.1) is 0 Å². The van der Waals surface area contributed by atoms with Crippen molar-refractivity contribution in [3.8, 4) is 5.75 Å². The van der Waals surface area contributed by atoms with Crippen molar-refractivity contribution >= 4 is 25.2 Å². The minimum atomic E-state index is -1.14. The number of carbonyl (C=O) groups excluding carboxylic acids is 1. The lowest BCUT2D eigenvalue weighted by Gasteiger charge is -2.43. The van der Waals surface area contributed by atoms with Crippen LogP contribution in [0.25, 0.3) is 0 Å². The lowest BCUT2D eigenvalue weighted by Crippen LogP contribution is -2.58. The van der Waals surface area contributed by atoms with Crippen molar-refractivity contribution in [1.29, 1.82) is 0 Å². The zero-order valence-electron chi connectivity index (χ0n) is 13.9. The summed E-state index contributed by atoms with van der Waals surface area (Å²) in [7, 11) is 9.34. The van der Waals surface area contributed by atoms with Crippen LogP contribution in [0.5, 0.6) is 5.75 Å². The lowest BCUT2D eigenvalue weighted by molar-refractivity contribution is -0.140. The molecule has 4 rings (SSSR count). The van der Waals surface area contributed by atoms with E-state index in [0.717, 1.165) is 18.4 Å². The molecule has 2 heterocycles. The highest BCUT2D eigenvalue weighted by Gasteiger charge is 2.68. The van der Waals surface area contributed by atoms with E-state index >= 15 is 0 Å². The van der Waals surface area contributed by atoms with Crippen LogP contribution in [-0.2, 0) is 15.1 Å². The maximum atomic E-state index is 13.2. The number of benzene rings is 1. The second-order valence-corrected chi connectivity index (χ2v) is 6.83. The molecule has 7 heteroatoms. The van der Waals surface area contributed by atoms with Crippen LogP contribution >= 0.6 is 0 Å². The van der Waals surface area contributed by atoms with Crippen molar-refractivity contribution in [1.82, 2.24) is 4.90 Å². The molecule has 2 radical (unpaired) electrons. The summed E-state index contributed by atoms with van der Waals surface area (Å²) in [5.41, 5.74) is 5.43. The van der Waals surface area contributed by atoms with E-state index in [1.54, 1.807) is 26.3 Å². The van der Waals surface area contributed by atoms with Crippen LogP contribution in [0.2, 0.25) is 0 Å². The standard InChI is InChI=1S/C17H20BN3O3/c1-21-14(22)17(20-15(21)19)12-9-10(18)3-4-13(12)24-16(17)7-5-11(23-2)6-8-16/h3-4,9,11H,5-8H2,1-2H3,(H2,19,20). The number of aliphatic imine (C=N–C) groups is 1. The van der Waals surface area contributed by atoms with Crippen LogP contribution < -0.4 is 15.9 Å². The number of rotatable bonds is 1. The van der Waals surface area contributed by atoms with Gasteiger partial charge in [0.15, 0.2) is 5.96 Å². The molecule has 2 N–H and O–H groups in total. The Kier molecular flexibility index (Phi) is 3.22. The van der Waals surface area contributed by atoms with Crippen LogP contribution in [-0.4, -0.2) is 50.5 Å². The smallest absolute Gasteiger partial charge is 0.266 e. The fraction of sp³-hybridized carbons (Fsp3) is 0.529. The van der Waals surface area contributed by atoms with Gasteiger partial charge in [0.25, 0.3) is 5.91 Å². The summed E-state index contributed by atoms with van der Waals surface area (Å²) < 4.78 is 11.8. The molecule has 1 aliphatic carbocycles. The zero-order chi connectivity index (χ0) is 17.1. The Bertz CT molecular complexity index is 743. The topological polar surface area (TPSA) is 77.2 Å². The van der Waals surface area contributed by atoms with Gasteiger partial charge in [-0.1, -0.05) is 17.6 Å². The first-order chi connectivity index (χ1) is 11.4. The number of hydrogen-bond acceptors (Lipinski definition) is 5. The van der Waals surface area contributed by atoms with Gasteiger partial charge in [-0.05, 0) is 31.7 Å². The summed E-state index contributed by atoms with van der Waals surface area (Å²) in [5.74, 6) is 0.729. The molecule has 1 fully saturated rings. The molecule has 0 bridgehead atoms. The largest absolute Gasteiger partial charge is 0.483 e. The number of carbonyl (C=O) groups is 1. The second kappa shape index (κ2) is 4.99. The highest BCUT2D eigenvalue weighted by molar-refractivity contribution is 6.32. The van der Waals surface area contributed by atoms with E-state index in [1.165, 1.54) is 4.90 Å². The number of methoxy groups -OCH3 is 1. The minimum Gasteiger partial charge on any atom is -0.483 e. The number of fused-ring (bicyclic) bond motifs is 3. The average molecular weight is 325 g/mol. The number of hydrogen-bond donors (Lipinski definition) is 1. The van der Waals surface area contributed by atoms with Crippen LogP contribution in [0.15, 0.2) is 23.2 Å². The molecule has 124 valence electrons. The van der Waals surface area contributed by atoms with Crippen molar-refractivity contribution < 1.29 is 14.3 Å². The second-order valence-electron chi connectivity index (χ2n) is 6.83. The predicted octanol–water partition coefficient (Wildman–Crippen LogP) is 0.183. The van der Waals surface area contributed by atoms with Gasteiger partial charge in [-0.25, -0.2) is 4.99 Å². The summed E-state index contributed by atoms with van der Waals surface area (Å²) >= 11 is 0. The number of nitrogens with two attached hydrogens (primary N) is 1. The number of likely N-dealkylation sites (N-methyl/N-ethyl adjacent to an activating group) is 1. The van der Waals surface area contributed by atoms with Crippen molar-refractivity contribution in [2.24, 2.45) is 10.7 Å². The Labute approximate surface area is 142 Å². The Balaban J connectivity index is 1.89. The Morgan fingerprint density at radius 2 is 2.12 bits per heavy atom. The molecule has 0 aromatic heterocycles. The number of ether oxygens (including phenoxy) is 2. The van der Waals surface area contributed by atoms with E-state index in [-0.39, 0.29) is 18.0 Å². The van der Waals surface area contributed by atoms with Crippen molar-refractivity contribution in [2.75, 3.05) is 14.2 Å². The van der Waals surface area contributed by atoms with E-state index in [1.807, 2.05) is 6.07 Å². The molecule has 1 aromatic rings. The molecule has 1 unspecified atom stereocenters. The number of amides is 1. The third kappa shape index (κ3) is 1.76. The van der Waals surface area contributed by atoms with Gasteiger partial charge in [0.05, 0.1) is 6.10 Å². The van der Waals surface area contributed by atoms with Gasteiger partial charge in [-0.15, -0.1) is 0 Å². The Morgan fingerprint density at radius 3 is 2.71 bits per heavy atom. The summed E-state index contributed by atoms with van der Waals surface area (Å²) in [6, 6.07) is 5.39. The molecule has 6 nitrogen and oxygen atoms in total. The molecule has 2 aliphatic heterocycles. The lowest BCUT2D eigenvalue weighted by atomic mass is 9.67. The quantitative estimate of drug-likeness (QED) is 0.748. The van der Waals surface area contributed by atoms with Crippen molar-refractivity contribution in [2.45, 2.75) is 42.9 Å². The fourth-order valence-corrected chi connectivity index (χ4v) is 4.32. The first-order valence-electron chi connectivity index (χ1n) is 8.19. The molecule has 0 saturated heterocycles. The fourth-order valence-electron chi connectivity index (χ4n) is 4.32. The van der Waals surface area contributed by atoms with E-state index in [0.29, 0.717) is 24.1 Å². The SMILES string of the molecule is [B]c1ccc2c(c1)C1(N=C(N)N(C)C1=O)C1(CCC(OC)CC1)O2. The maximum Gasteiger partial charge on any atom is 0.266 e. The highest BCUT2D eigenvalue weighted by Crippen LogP contribution is 2.58. The normalized spacial score (nSPS) is 34.6. The first-order valence-corrected chi connectivity index (χ1v) is 8.19. The van der Waals surface area contributed by atoms with Crippen LogP contribution in [0.4, 0.5) is 0 Å². The summed E-state index contributed by atoms with van der Waals surface area (Å²) in [4.78, 5) is 19.3. The van der Waals surface area contributed by atoms with Crippen LogP contribution in [0.3, 0.4) is 0 Å². The van der Waals surface area contributed by atoms with E-state index in [9.17, 15) is 4.79 Å². The molecule has 1 aromatic carbocycles. The molecular formula is C17H20BN3O3. The molecule has 3 aliphatic rings. The third-order valence-electron chi connectivity index (χ3n) is 5.67. The van der Waals surface area contributed by atoms with Gasteiger partial charge in [0.2, 0.25) is 5.54 Å². The van der Waals surface area contributed by atoms with E-state index < -0.39 is 11.1 Å². The monoisotopic (exact) mass is 325 g/mol. The molecule has 1 amide bonds. The highest BCUT2D eigenvalue weighted by atomic mass is 16.5. The van der Waals surface area contributed by atoms with Gasteiger partial charge in [0.1, 0.15) is 19.2 Å². The summed E-state index contributed by atoms with van der Waals surface area (Å²) in [6.45, 7) is 0. The Morgan fingerprint density at radius 1 is 1.42 bits per heavy atom. The van der Waals surface area contributed by atoms with Crippen molar-refractivity contribution in [3.63, 3.8) is 0 Å². The third-order valence-corrected chi connectivity index (χ3v) is 5.67. The molecule has 2 spiro atoms. The molecule has 24 heavy (non-hydrogen) atoms. The van der Waals surface area contributed by atoms with Gasteiger partial charge in [0, 0.05) is 19.7 Å². The first kappa shape index (κ1) is 15.5. The summed E-state index contributed by atoms with van der Waals surface area (Å²) in [5, 5.41) is 0. The number of guanidine groups is 1. The number of nitrogens with zero attached hydrogens (tertiary/aromatic N) is 2. The summed E-state index contributed by atoms with van der Waals surface area (Å²) in [6.07, 6.45) is 3.16. The van der Waals surface area contributed by atoms with Gasteiger partial charge >= 0.3 is 0 Å².